The first-order chi connectivity index (χ1) is 17.9. The van der Waals surface area contributed by atoms with Crippen LogP contribution in [0, 0.1) is 29.5 Å². The largest absolute Gasteiger partial charge is 0.361 e. The van der Waals surface area contributed by atoms with Crippen molar-refractivity contribution in [1.29, 1.82) is 5.41 Å². The van der Waals surface area contributed by atoms with E-state index in [1.807, 2.05) is 24.3 Å². The molecule has 6 heteroatoms. The van der Waals surface area contributed by atoms with Crippen molar-refractivity contribution in [3.63, 3.8) is 0 Å². The van der Waals surface area contributed by atoms with E-state index in [1.165, 1.54) is 18.9 Å². The van der Waals surface area contributed by atoms with E-state index in [0.717, 1.165) is 54.3 Å². The Morgan fingerprint density at radius 1 is 1.35 bits per heavy atom. The molecule has 2 atom stereocenters. The molecule has 2 aliphatic rings. The first-order valence-corrected chi connectivity index (χ1v) is 13.3. The van der Waals surface area contributed by atoms with Crippen LogP contribution in [0.2, 0.25) is 0 Å². The lowest BCUT2D eigenvalue weighted by Gasteiger charge is -2.34. The summed E-state index contributed by atoms with van der Waals surface area (Å²) >= 11 is 0. The van der Waals surface area contributed by atoms with E-state index in [4.69, 9.17) is 5.41 Å². The molecule has 2 heterocycles. The highest BCUT2D eigenvalue weighted by atomic mass is 19.1. The van der Waals surface area contributed by atoms with Gasteiger partial charge in [-0.3, -0.25) is 9.78 Å². The second-order valence-electron chi connectivity index (χ2n) is 10.4. The number of carbonyl (C=O) groups excluding carboxylic acids is 1. The summed E-state index contributed by atoms with van der Waals surface area (Å²) in [7, 11) is 0. The number of hydrogen-bond acceptors (Lipinski definition) is 4. The van der Waals surface area contributed by atoms with E-state index in [0.29, 0.717) is 29.3 Å². The smallest absolute Gasteiger partial charge is 0.254 e. The van der Waals surface area contributed by atoms with Gasteiger partial charge < -0.3 is 16.0 Å². The number of nitrogens with one attached hydrogen (secondary N) is 3. The summed E-state index contributed by atoms with van der Waals surface area (Å²) in [6.07, 6.45) is 15.4. The molecule has 2 aromatic rings. The maximum atomic E-state index is 13.9. The summed E-state index contributed by atoms with van der Waals surface area (Å²) in [5.41, 5.74) is 4.83. The first kappa shape index (κ1) is 26.5. The monoisotopic (exact) mass is 500 g/mol. The fraction of sp³-hybridized carbons (Fsp3) is 0.387. The van der Waals surface area contributed by atoms with Gasteiger partial charge in [0.25, 0.3) is 5.91 Å². The minimum absolute atomic E-state index is 0.141. The van der Waals surface area contributed by atoms with Crippen LogP contribution in [-0.4, -0.2) is 23.7 Å². The third-order valence-electron chi connectivity index (χ3n) is 8.02. The van der Waals surface area contributed by atoms with Crippen molar-refractivity contribution in [1.82, 2.24) is 15.6 Å². The normalized spacial score (nSPS) is 22.3. The third kappa shape index (κ3) is 5.74. The van der Waals surface area contributed by atoms with Crippen molar-refractivity contribution < 1.29 is 9.18 Å². The van der Waals surface area contributed by atoms with Crippen molar-refractivity contribution in [3.8, 4) is 11.3 Å². The molecule has 3 N–H and O–H groups in total. The number of rotatable bonds is 9. The van der Waals surface area contributed by atoms with Gasteiger partial charge in [0, 0.05) is 36.3 Å². The van der Waals surface area contributed by atoms with Crippen LogP contribution in [0.15, 0.2) is 66.2 Å². The number of carbonyl (C=O) groups is 1. The molecule has 1 aromatic heterocycles. The molecular weight excluding hydrogens is 463 g/mol. The zero-order valence-corrected chi connectivity index (χ0v) is 22.0. The number of pyridine rings is 1. The third-order valence-corrected chi connectivity index (χ3v) is 8.02. The molecule has 5 nitrogen and oxygen atoms in total. The fourth-order valence-corrected chi connectivity index (χ4v) is 5.63. The molecule has 1 unspecified atom stereocenters. The second-order valence-corrected chi connectivity index (χ2v) is 10.4. The molecule has 0 saturated heterocycles. The van der Waals surface area contributed by atoms with Crippen molar-refractivity contribution in [3.05, 3.63) is 83.1 Å². The van der Waals surface area contributed by atoms with Gasteiger partial charge in [0.2, 0.25) is 0 Å². The molecule has 194 valence electrons. The standard InChI is InChI=1S/C31H37FN4O/c1-4-5-13-31(14-6-8-22(31)3)20-36-30(37)26(19-33)28-18-23(12-16-34-28)25-9-7-15-35-29(25)24-10-11-27(32)21(2)17-24/h7,9-12,15-19,22,33-34H,4-6,8,13-14,20H2,1-3H3,(H,36,37)/b28-26+,33-19?/t22-,31?/m1/s1. The van der Waals surface area contributed by atoms with Crippen LogP contribution in [-0.2, 0) is 4.79 Å². The molecule has 1 fully saturated rings. The Bertz CT molecular complexity index is 1260. The number of nitrogens with zero attached hydrogens (tertiary/aromatic N) is 1. The van der Waals surface area contributed by atoms with Crippen LogP contribution < -0.4 is 10.6 Å². The minimum Gasteiger partial charge on any atom is -0.361 e. The van der Waals surface area contributed by atoms with E-state index in [1.54, 1.807) is 31.5 Å². The summed E-state index contributed by atoms with van der Waals surface area (Å²) in [5, 5.41) is 14.3. The van der Waals surface area contributed by atoms with E-state index < -0.39 is 0 Å². The van der Waals surface area contributed by atoms with Crippen molar-refractivity contribution in [2.24, 2.45) is 11.3 Å². The lowest BCUT2D eigenvalue weighted by atomic mass is 9.74. The second kappa shape index (κ2) is 11.7. The lowest BCUT2D eigenvalue weighted by molar-refractivity contribution is -0.117. The highest BCUT2D eigenvalue weighted by Crippen LogP contribution is 2.46. The van der Waals surface area contributed by atoms with Crippen LogP contribution >= 0.6 is 0 Å². The van der Waals surface area contributed by atoms with Crippen LogP contribution in [0.1, 0.15) is 63.5 Å². The Kier molecular flexibility index (Phi) is 8.37. The number of hydrogen-bond donors (Lipinski definition) is 3. The Labute approximate surface area is 219 Å². The summed E-state index contributed by atoms with van der Waals surface area (Å²) in [6.45, 7) is 6.89. The number of allylic oxidation sites excluding steroid dienone is 3. The maximum Gasteiger partial charge on any atom is 0.254 e. The molecule has 1 aromatic carbocycles. The van der Waals surface area contributed by atoms with Gasteiger partial charge in [-0.1, -0.05) is 45.6 Å². The highest BCUT2D eigenvalue weighted by Gasteiger charge is 2.39. The van der Waals surface area contributed by atoms with Crippen LogP contribution in [0.25, 0.3) is 16.8 Å². The number of aryl methyl sites for hydroxylation is 1. The summed E-state index contributed by atoms with van der Waals surface area (Å²) < 4.78 is 13.9. The van der Waals surface area contributed by atoms with Gasteiger partial charge in [-0.25, -0.2) is 4.39 Å². The molecule has 1 amide bonds. The summed E-state index contributed by atoms with van der Waals surface area (Å²) in [5.74, 6) is 0.0910. The molecule has 0 bridgehead atoms. The topological polar surface area (TPSA) is 77.9 Å². The zero-order valence-electron chi connectivity index (χ0n) is 22.0. The first-order valence-electron chi connectivity index (χ1n) is 13.3. The number of aromatic nitrogens is 1. The quantitative estimate of drug-likeness (QED) is 0.264. The Morgan fingerprint density at radius 3 is 2.89 bits per heavy atom. The predicted molar refractivity (Wildman–Crippen MR) is 148 cm³/mol. The minimum atomic E-state index is -0.252. The number of unbranched alkanes of at least 4 members (excludes halogenated alkanes) is 1. The van der Waals surface area contributed by atoms with Gasteiger partial charge in [0.15, 0.2) is 0 Å². The zero-order chi connectivity index (χ0) is 26.4. The van der Waals surface area contributed by atoms with E-state index >= 15 is 0 Å². The van der Waals surface area contributed by atoms with Gasteiger partial charge in [-0.15, -0.1) is 0 Å². The number of halogens is 1. The average molecular weight is 501 g/mol. The molecule has 0 radical (unpaired) electrons. The van der Waals surface area contributed by atoms with Gasteiger partial charge >= 0.3 is 0 Å². The molecule has 1 aliphatic carbocycles. The van der Waals surface area contributed by atoms with Crippen molar-refractivity contribution in [2.45, 2.75) is 59.3 Å². The summed E-state index contributed by atoms with van der Waals surface area (Å²) in [4.78, 5) is 17.9. The van der Waals surface area contributed by atoms with E-state index in [9.17, 15) is 9.18 Å². The fourth-order valence-electron chi connectivity index (χ4n) is 5.63. The van der Waals surface area contributed by atoms with Gasteiger partial charge in [0.05, 0.1) is 17.0 Å². The maximum absolute atomic E-state index is 13.9. The van der Waals surface area contributed by atoms with Gasteiger partial charge in [-0.2, -0.15) is 0 Å². The van der Waals surface area contributed by atoms with E-state index in [-0.39, 0.29) is 17.1 Å². The highest BCUT2D eigenvalue weighted by molar-refractivity contribution is 6.12. The molecule has 1 aliphatic heterocycles. The van der Waals surface area contributed by atoms with Gasteiger partial charge in [-0.05, 0) is 78.7 Å². The SMILES string of the molecule is CCCCC1(CNC(=O)/C(C=N)=C2\C=C(c3cccnc3-c3ccc(F)c(C)c3)C=CN2)CCC[C@H]1C. The Balaban J connectivity index is 1.61. The Morgan fingerprint density at radius 2 is 2.19 bits per heavy atom. The van der Waals surface area contributed by atoms with Crippen LogP contribution in [0.5, 0.6) is 0 Å². The van der Waals surface area contributed by atoms with Crippen molar-refractivity contribution >= 4 is 17.7 Å². The molecule has 37 heavy (non-hydrogen) atoms. The van der Waals surface area contributed by atoms with Crippen molar-refractivity contribution in [2.75, 3.05) is 6.54 Å². The van der Waals surface area contributed by atoms with Crippen LogP contribution in [0.3, 0.4) is 0 Å². The summed E-state index contributed by atoms with van der Waals surface area (Å²) in [6, 6.07) is 8.79. The number of dihydropyridines is 1. The number of amides is 1. The van der Waals surface area contributed by atoms with Gasteiger partial charge in [0.1, 0.15) is 5.82 Å². The predicted octanol–water partition coefficient (Wildman–Crippen LogP) is 6.71. The molecule has 0 spiro atoms. The lowest BCUT2D eigenvalue weighted by Crippen LogP contribution is -2.40. The number of benzene rings is 1. The van der Waals surface area contributed by atoms with Crippen LogP contribution in [0.4, 0.5) is 4.39 Å². The van der Waals surface area contributed by atoms with E-state index in [2.05, 4.69) is 29.5 Å². The Hall–Kier alpha value is -3.54. The molecular formula is C31H37FN4O. The molecule has 4 rings (SSSR count). The molecule has 1 saturated carbocycles. The average Bonchev–Trinajstić information content (AvgIpc) is 3.28.